The fraction of sp³-hybridized carbons (Fsp3) is 0.158. The molecule has 3 aromatic rings. The van der Waals surface area contributed by atoms with Gasteiger partial charge in [0.25, 0.3) is 10.0 Å². The van der Waals surface area contributed by atoms with Crippen molar-refractivity contribution in [2.45, 2.75) is 17.9 Å². The molecule has 0 fully saturated rings. The maximum Gasteiger partial charge on any atom is 0.404 e. The molecule has 0 saturated carbocycles. The molecule has 0 unspecified atom stereocenters. The third kappa shape index (κ3) is 3.70. The van der Waals surface area contributed by atoms with Crippen molar-refractivity contribution in [3.05, 3.63) is 60.3 Å². The van der Waals surface area contributed by atoms with Gasteiger partial charge in [0, 0.05) is 11.6 Å². The largest absolute Gasteiger partial charge is 0.491 e. The highest BCUT2D eigenvalue weighted by Gasteiger charge is 2.21. The molecule has 146 valence electrons. The monoisotopic (exact) mass is 402 g/mol. The second-order valence-corrected chi connectivity index (χ2v) is 7.93. The first-order chi connectivity index (χ1) is 13.3. The number of carbonyl (C=O) groups excluding carboxylic acids is 1. The molecule has 0 aliphatic heterocycles. The van der Waals surface area contributed by atoms with Gasteiger partial charge in [-0.2, -0.15) is 0 Å². The molecule has 3 rings (SSSR count). The molecular formula is C19H18N2O6S. The molecule has 0 radical (unpaired) electrons. The van der Waals surface area contributed by atoms with E-state index in [2.05, 4.69) is 5.32 Å². The molecule has 28 heavy (non-hydrogen) atoms. The Labute approximate surface area is 161 Å². The second kappa shape index (κ2) is 7.73. The Balaban J connectivity index is 1.98. The molecule has 8 nitrogen and oxygen atoms in total. The molecule has 1 atom stereocenters. The minimum Gasteiger partial charge on any atom is -0.491 e. The third-order valence-corrected chi connectivity index (χ3v) is 5.82. The van der Waals surface area contributed by atoms with Crippen molar-refractivity contribution in [2.24, 2.45) is 0 Å². The Hall–Kier alpha value is -3.33. The second-order valence-electron chi connectivity index (χ2n) is 6.12. The predicted molar refractivity (Wildman–Crippen MR) is 102 cm³/mol. The summed E-state index contributed by atoms with van der Waals surface area (Å²) in [5.74, 6) is 0.247. The van der Waals surface area contributed by atoms with Crippen molar-refractivity contribution in [1.82, 2.24) is 9.29 Å². The van der Waals surface area contributed by atoms with Crippen molar-refractivity contribution in [1.29, 1.82) is 0 Å². The number of benzene rings is 2. The quantitative estimate of drug-likeness (QED) is 0.587. The molecule has 2 N–H and O–H groups in total. The summed E-state index contributed by atoms with van der Waals surface area (Å²) in [4.78, 5) is 22.4. The summed E-state index contributed by atoms with van der Waals surface area (Å²) in [6.07, 6.45) is 0.801. The van der Waals surface area contributed by atoms with E-state index in [1.54, 1.807) is 31.2 Å². The number of aldehydes is 1. The van der Waals surface area contributed by atoms with Crippen LogP contribution in [-0.4, -0.2) is 42.5 Å². The topological polar surface area (TPSA) is 115 Å². The number of carboxylic acid groups (broad SMARTS) is 1. The van der Waals surface area contributed by atoms with Crippen LogP contribution in [0.1, 0.15) is 17.3 Å². The molecule has 1 amide bonds. The molecule has 0 spiro atoms. The zero-order valence-electron chi connectivity index (χ0n) is 14.9. The maximum absolute atomic E-state index is 12.9. The van der Waals surface area contributed by atoms with Gasteiger partial charge in [0.05, 0.1) is 22.0 Å². The highest BCUT2D eigenvalue weighted by Crippen LogP contribution is 2.30. The standard InChI is InChI=1S/C19H18N2O6S/c1-13(20-19(23)24)12-27-18-8-7-17-15(16(18)11-22)9-10-21(17)28(25,26)14-5-3-2-4-6-14/h2-11,13,20H,12H2,1H3,(H,23,24)/t13-/m1/s1. The number of hydrogen-bond acceptors (Lipinski definition) is 5. The number of amides is 1. The van der Waals surface area contributed by atoms with E-state index in [0.717, 1.165) is 3.97 Å². The van der Waals surface area contributed by atoms with Gasteiger partial charge in [-0.05, 0) is 37.3 Å². The summed E-state index contributed by atoms with van der Waals surface area (Å²) < 4.78 is 32.5. The Morgan fingerprint density at radius 3 is 2.57 bits per heavy atom. The van der Waals surface area contributed by atoms with Crippen molar-refractivity contribution in [2.75, 3.05) is 6.61 Å². The molecule has 0 bridgehead atoms. The normalized spacial score (nSPS) is 12.5. The zero-order valence-corrected chi connectivity index (χ0v) is 15.7. The first kappa shape index (κ1) is 19.4. The van der Waals surface area contributed by atoms with Crippen LogP contribution in [0.25, 0.3) is 10.9 Å². The third-order valence-electron chi connectivity index (χ3n) is 4.11. The van der Waals surface area contributed by atoms with Gasteiger partial charge in [-0.25, -0.2) is 17.2 Å². The summed E-state index contributed by atoms with van der Waals surface area (Å²) in [7, 11) is -3.81. The van der Waals surface area contributed by atoms with E-state index in [9.17, 15) is 18.0 Å². The van der Waals surface area contributed by atoms with Crippen LogP contribution < -0.4 is 10.1 Å². The molecule has 0 aliphatic carbocycles. The average molecular weight is 402 g/mol. The lowest BCUT2D eigenvalue weighted by atomic mass is 10.1. The van der Waals surface area contributed by atoms with E-state index in [0.29, 0.717) is 17.2 Å². The lowest BCUT2D eigenvalue weighted by Crippen LogP contribution is -2.35. The number of fused-ring (bicyclic) bond motifs is 1. The van der Waals surface area contributed by atoms with Crippen molar-refractivity contribution in [3.63, 3.8) is 0 Å². The molecule has 0 saturated heterocycles. The van der Waals surface area contributed by atoms with Crippen LogP contribution in [0.3, 0.4) is 0 Å². The van der Waals surface area contributed by atoms with Gasteiger partial charge < -0.3 is 15.2 Å². The highest BCUT2D eigenvalue weighted by molar-refractivity contribution is 7.90. The fourth-order valence-corrected chi connectivity index (χ4v) is 4.19. The predicted octanol–water partition coefficient (Wildman–Crippen LogP) is 2.73. The number of nitrogens with one attached hydrogen (secondary N) is 1. The lowest BCUT2D eigenvalue weighted by Gasteiger charge is -2.15. The van der Waals surface area contributed by atoms with Crippen molar-refractivity contribution < 1.29 is 27.9 Å². The van der Waals surface area contributed by atoms with Crippen LogP contribution in [0.5, 0.6) is 5.75 Å². The van der Waals surface area contributed by atoms with Crippen LogP contribution in [0.15, 0.2) is 59.6 Å². The Morgan fingerprint density at radius 1 is 1.21 bits per heavy atom. The highest BCUT2D eigenvalue weighted by atomic mass is 32.2. The lowest BCUT2D eigenvalue weighted by molar-refractivity contribution is 0.112. The fourth-order valence-electron chi connectivity index (χ4n) is 2.83. The van der Waals surface area contributed by atoms with Crippen LogP contribution in [0.4, 0.5) is 4.79 Å². The van der Waals surface area contributed by atoms with E-state index in [-0.39, 0.29) is 22.8 Å². The molecule has 2 aromatic carbocycles. The summed E-state index contributed by atoms with van der Waals surface area (Å²) in [6.45, 7) is 1.64. The zero-order chi connectivity index (χ0) is 20.3. The first-order valence-electron chi connectivity index (χ1n) is 8.36. The summed E-state index contributed by atoms with van der Waals surface area (Å²) >= 11 is 0. The Bertz CT molecular complexity index is 1120. The number of ether oxygens (including phenoxy) is 1. The van der Waals surface area contributed by atoms with E-state index < -0.39 is 22.2 Å². The van der Waals surface area contributed by atoms with Gasteiger partial charge in [0.15, 0.2) is 6.29 Å². The van der Waals surface area contributed by atoms with E-state index in [1.807, 2.05) is 0 Å². The molecule has 0 aliphatic rings. The SMILES string of the molecule is C[C@H](COc1ccc2c(ccn2S(=O)(=O)c2ccccc2)c1C=O)NC(=O)O. The molecule has 1 aromatic heterocycles. The molecule has 1 heterocycles. The summed E-state index contributed by atoms with van der Waals surface area (Å²) in [5, 5.41) is 11.4. The summed E-state index contributed by atoms with van der Waals surface area (Å²) in [6, 6.07) is 12.1. The van der Waals surface area contributed by atoms with Gasteiger partial charge in [0.1, 0.15) is 12.4 Å². The maximum atomic E-state index is 12.9. The Kier molecular flexibility index (Phi) is 5.36. The van der Waals surface area contributed by atoms with Gasteiger partial charge in [-0.15, -0.1) is 0 Å². The van der Waals surface area contributed by atoms with Crippen LogP contribution in [-0.2, 0) is 10.0 Å². The smallest absolute Gasteiger partial charge is 0.404 e. The van der Waals surface area contributed by atoms with Gasteiger partial charge in [-0.1, -0.05) is 18.2 Å². The number of carbonyl (C=O) groups is 2. The van der Waals surface area contributed by atoms with Crippen LogP contribution in [0, 0.1) is 0 Å². The molecular weight excluding hydrogens is 384 g/mol. The number of aromatic nitrogens is 1. The average Bonchev–Trinajstić information content (AvgIpc) is 3.11. The van der Waals surface area contributed by atoms with Crippen LogP contribution in [0.2, 0.25) is 0 Å². The number of rotatable bonds is 7. The van der Waals surface area contributed by atoms with Gasteiger partial charge >= 0.3 is 6.09 Å². The number of nitrogens with zero attached hydrogens (tertiary/aromatic N) is 1. The number of hydrogen-bond donors (Lipinski definition) is 2. The molecule has 9 heteroatoms. The van der Waals surface area contributed by atoms with Crippen LogP contribution >= 0.6 is 0 Å². The first-order valence-corrected chi connectivity index (χ1v) is 9.80. The van der Waals surface area contributed by atoms with Gasteiger partial charge in [-0.3, -0.25) is 4.79 Å². The van der Waals surface area contributed by atoms with E-state index in [4.69, 9.17) is 9.84 Å². The van der Waals surface area contributed by atoms with E-state index >= 15 is 0 Å². The Morgan fingerprint density at radius 2 is 1.93 bits per heavy atom. The van der Waals surface area contributed by atoms with Gasteiger partial charge in [0.2, 0.25) is 0 Å². The van der Waals surface area contributed by atoms with Crippen molar-refractivity contribution in [3.8, 4) is 5.75 Å². The van der Waals surface area contributed by atoms with Crippen molar-refractivity contribution >= 4 is 33.3 Å². The van der Waals surface area contributed by atoms with E-state index in [1.165, 1.54) is 30.5 Å². The summed E-state index contributed by atoms with van der Waals surface area (Å²) in [5.41, 5.74) is 0.539. The minimum absolute atomic E-state index is 0.0155. The minimum atomic E-state index is -3.81.